The predicted molar refractivity (Wildman–Crippen MR) is 123 cm³/mol. The molecule has 4 heterocycles. The minimum absolute atomic E-state index is 0.0463. The van der Waals surface area contributed by atoms with Gasteiger partial charge in [-0.15, -0.1) is 0 Å². The number of imidazole rings is 1. The SMILES string of the molecule is CNC(=O)c1ccc2c(nc(-c3ccc(N4CCCC4C)nc3)n2Cc2coc(C)n2)c1F. The number of amides is 1. The van der Waals surface area contributed by atoms with Crippen LogP contribution in [0, 0.1) is 12.7 Å². The Morgan fingerprint density at radius 3 is 2.76 bits per heavy atom. The summed E-state index contributed by atoms with van der Waals surface area (Å²) in [4.78, 5) is 28.1. The highest BCUT2D eigenvalue weighted by molar-refractivity contribution is 5.98. The van der Waals surface area contributed by atoms with Gasteiger partial charge in [0.15, 0.2) is 11.7 Å². The van der Waals surface area contributed by atoms with Gasteiger partial charge >= 0.3 is 0 Å². The number of hydrogen-bond acceptors (Lipinski definition) is 6. The molecule has 1 aliphatic rings. The maximum Gasteiger partial charge on any atom is 0.254 e. The molecule has 1 atom stereocenters. The van der Waals surface area contributed by atoms with Crippen LogP contribution in [0.25, 0.3) is 22.4 Å². The van der Waals surface area contributed by atoms with Gasteiger partial charge in [0, 0.05) is 38.3 Å². The van der Waals surface area contributed by atoms with E-state index in [0.717, 1.165) is 30.8 Å². The Balaban J connectivity index is 1.62. The smallest absolute Gasteiger partial charge is 0.254 e. The van der Waals surface area contributed by atoms with Crippen LogP contribution in [0.4, 0.5) is 10.2 Å². The maximum absolute atomic E-state index is 15.3. The van der Waals surface area contributed by atoms with Crippen LogP contribution in [0.1, 0.15) is 41.7 Å². The molecule has 1 N–H and O–H groups in total. The average molecular weight is 449 g/mol. The van der Waals surface area contributed by atoms with Crippen molar-refractivity contribution in [2.24, 2.45) is 0 Å². The van der Waals surface area contributed by atoms with Gasteiger partial charge in [-0.1, -0.05) is 0 Å². The largest absolute Gasteiger partial charge is 0.449 e. The van der Waals surface area contributed by atoms with Crippen molar-refractivity contribution in [3.63, 3.8) is 0 Å². The fourth-order valence-electron chi connectivity index (χ4n) is 4.45. The van der Waals surface area contributed by atoms with E-state index in [4.69, 9.17) is 4.42 Å². The van der Waals surface area contributed by atoms with Crippen molar-refractivity contribution in [1.82, 2.24) is 24.8 Å². The Kier molecular flexibility index (Phi) is 5.32. The van der Waals surface area contributed by atoms with Crippen LogP contribution in [0.2, 0.25) is 0 Å². The molecule has 33 heavy (non-hydrogen) atoms. The van der Waals surface area contributed by atoms with Crippen molar-refractivity contribution in [3.8, 4) is 11.4 Å². The number of halogens is 1. The highest BCUT2D eigenvalue weighted by Gasteiger charge is 2.23. The summed E-state index contributed by atoms with van der Waals surface area (Å²) in [6, 6.07) is 7.58. The number of aromatic nitrogens is 4. The van der Waals surface area contributed by atoms with Gasteiger partial charge in [0.05, 0.1) is 23.3 Å². The van der Waals surface area contributed by atoms with Crippen LogP contribution >= 0.6 is 0 Å². The molecule has 0 bridgehead atoms. The molecule has 0 aliphatic carbocycles. The molecule has 170 valence electrons. The number of aryl methyl sites for hydroxylation is 1. The zero-order chi connectivity index (χ0) is 23.1. The first-order chi connectivity index (χ1) is 16.0. The molecule has 1 saturated heterocycles. The van der Waals surface area contributed by atoms with Crippen molar-refractivity contribution >= 4 is 22.8 Å². The summed E-state index contributed by atoms with van der Waals surface area (Å²) >= 11 is 0. The first kappa shape index (κ1) is 21.1. The number of hydrogen-bond donors (Lipinski definition) is 1. The Hall–Kier alpha value is -3.75. The van der Waals surface area contributed by atoms with Crippen LogP contribution in [0.5, 0.6) is 0 Å². The van der Waals surface area contributed by atoms with Gasteiger partial charge in [0.2, 0.25) is 0 Å². The third-order valence-electron chi connectivity index (χ3n) is 6.17. The number of pyridine rings is 1. The number of nitrogens with zero attached hydrogens (tertiary/aromatic N) is 5. The van der Waals surface area contributed by atoms with Crippen LogP contribution in [-0.4, -0.2) is 45.1 Å². The highest BCUT2D eigenvalue weighted by Crippen LogP contribution is 2.30. The molecule has 3 aromatic heterocycles. The van der Waals surface area contributed by atoms with E-state index in [-0.39, 0.29) is 11.1 Å². The summed E-state index contributed by atoms with van der Waals surface area (Å²) in [6.07, 6.45) is 5.66. The number of carbonyl (C=O) groups is 1. The van der Waals surface area contributed by atoms with Gasteiger partial charge in [-0.25, -0.2) is 19.3 Å². The lowest BCUT2D eigenvalue weighted by atomic mass is 10.1. The fourth-order valence-corrected chi connectivity index (χ4v) is 4.45. The van der Waals surface area contributed by atoms with E-state index in [9.17, 15) is 4.79 Å². The predicted octanol–water partition coefficient (Wildman–Crippen LogP) is 3.93. The Labute approximate surface area is 190 Å². The summed E-state index contributed by atoms with van der Waals surface area (Å²) in [5, 5.41) is 2.47. The van der Waals surface area contributed by atoms with Gasteiger partial charge < -0.3 is 19.2 Å². The third kappa shape index (κ3) is 3.73. The van der Waals surface area contributed by atoms with Gasteiger partial charge in [0.25, 0.3) is 5.91 Å². The van der Waals surface area contributed by atoms with Crippen molar-refractivity contribution < 1.29 is 13.6 Å². The second kappa shape index (κ2) is 8.31. The topological polar surface area (TPSA) is 89.1 Å². The highest BCUT2D eigenvalue weighted by atomic mass is 19.1. The first-order valence-electron chi connectivity index (χ1n) is 11.0. The molecule has 5 rings (SSSR count). The number of fused-ring (bicyclic) bond motifs is 1. The lowest BCUT2D eigenvalue weighted by Crippen LogP contribution is -2.26. The van der Waals surface area contributed by atoms with Crippen LogP contribution in [-0.2, 0) is 6.54 Å². The molecule has 9 heteroatoms. The molecular weight excluding hydrogens is 423 g/mol. The van der Waals surface area contributed by atoms with E-state index in [2.05, 4.69) is 32.1 Å². The number of rotatable bonds is 5. The van der Waals surface area contributed by atoms with E-state index in [1.807, 2.05) is 16.7 Å². The second-order valence-corrected chi connectivity index (χ2v) is 8.34. The third-order valence-corrected chi connectivity index (χ3v) is 6.17. The number of carbonyl (C=O) groups excluding carboxylic acids is 1. The lowest BCUT2D eigenvalue weighted by molar-refractivity contribution is 0.0959. The first-order valence-corrected chi connectivity index (χ1v) is 11.0. The van der Waals surface area contributed by atoms with E-state index in [0.29, 0.717) is 35.5 Å². The standard InChI is InChI=1S/C24H25FN6O2/c1-14-5-4-10-30(14)20-9-6-16(11-27-20)23-29-22-19(8-7-18(21(22)25)24(32)26-3)31(23)12-17-13-33-15(2)28-17/h6-9,11,13-14H,4-5,10,12H2,1-3H3,(H,26,32). The molecule has 0 radical (unpaired) electrons. The molecule has 0 saturated carbocycles. The molecule has 8 nitrogen and oxygen atoms in total. The van der Waals surface area contributed by atoms with Crippen molar-refractivity contribution in [2.75, 3.05) is 18.5 Å². The number of benzene rings is 1. The molecular formula is C24H25FN6O2. The van der Waals surface area contributed by atoms with Crippen LogP contribution in [0.15, 0.2) is 41.1 Å². The molecule has 1 unspecified atom stereocenters. The minimum Gasteiger partial charge on any atom is -0.449 e. The monoisotopic (exact) mass is 448 g/mol. The summed E-state index contributed by atoms with van der Waals surface area (Å²) in [5.41, 5.74) is 2.09. The zero-order valence-electron chi connectivity index (χ0n) is 18.8. The van der Waals surface area contributed by atoms with Crippen LogP contribution in [0.3, 0.4) is 0 Å². The molecule has 1 aromatic carbocycles. The molecule has 4 aromatic rings. The van der Waals surface area contributed by atoms with Crippen molar-refractivity contribution in [2.45, 2.75) is 39.3 Å². The summed E-state index contributed by atoms with van der Waals surface area (Å²) in [5.74, 6) is 0.871. The second-order valence-electron chi connectivity index (χ2n) is 8.34. The maximum atomic E-state index is 15.3. The normalized spacial score (nSPS) is 16.0. The van der Waals surface area contributed by atoms with Gasteiger partial charge in [-0.3, -0.25) is 4.79 Å². The Bertz CT molecular complexity index is 1330. The van der Waals surface area contributed by atoms with E-state index in [1.54, 1.807) is 25.5 Å². The quantitative estimate of drug-likeness (QED) is 0.498. The lowest BCUT2D eigenvalue weighted by Gasteiger charge is -2.22. The zero-order valence-corrected chi connectivity index (χ0v) is 18.8. The molecule has 1 fully saturated rings. The summed E-state index contributed by atoms with van der Waals surface area (Å²) < 4.78 is 22.5. The summed E-state index contributed by atoms with van der Waals surface area (Å²) in [7, 11) is 1.47. The minimum atomic E-state index is -0.654. The Morgan fingerprint density at radius 1 is 1.27 bits per heavy atom. The number of anilines is 1. The van der Waals surface area contributed by atoms with Gasteiger partial charge in [-0.2, -0.15) is 0 Å². The average Bonchev–Trinajstić information content (AvgIpc) is 3.53. The van der Waals surface area contributed by atoms with E-state index < -0.39 is 11.7 Å². The Morgan fingerprint density at radius 2 is 2.12 bits per heavy atom. The summed E-state index contributed by atoms with van der Waals surface area (Å²) in [6.45, 7) is 5.31. The number of nitrogens with one attached hydrogen (secondary N) is 1. The van der Waals surface area contributed by atoms with Gasteiger partial charge in [0.1, 0.15) is 23.4 Å². The molecule has 1 amide bonds. The van der Waals surface area contributed by atoms with Crippen molar-refractivity contribution in [1.29, 1.82) is 0 Å². The van der Waals surface area contributed by atoms with Crippen molar-refractivity contribution in [3.05, 3.63) is 59.7 Å². The fraction of sp³-hybridized carbons (Fsp3) is 0.333. The number of oxazole rings is 1. The van der Waals surface area contributed by atoms with E-state index >= 15 is 4.39 Å². The molecule has 1 aliphatic heterocycles. The van der Waals surface area contributed by atoms with Crippen LogP contribution < -0.4 is 10.2 Å². The van der Waals surface area contributed by atoms with E-state index in [1.165, 1.54) is 13.1 Å². The molecule has 0 spiro atoms. The van der Waals surface area contributed by atoms with Gasteiger partial charge in [-0.05, 0) is 44.0 Å².